The molecule has 3 rings (SSSR count). The third-order valence-corrected chi connectivity index (χ3v) is 5.56. The number of ether oxygens (including phenoxy) is 1. The number of thiophene rings is 1. The maximum Gasteiger partial charge on any atom is 0.281 e. The van der Waals surface area contributed by atoms with Crippen molar-refractivity contribution in [2.45, 2.75) is 32.1 Å². The van der Waals surface area contributed by atoms with E-state index in [0.717, 1.165) is 31.7 Å². The second kappa shape index (κ2) is 8.17. The third kappa shape index (κ3) is 4.25. The smallest absolute Gasteiger partial charge is 0.281 e. The van der Waals surface area contributed by atoms with Crippen LogP contribution in [0.3, 0.4) is 0 Å². The number of carbonyl (C=O) groups excluding carboxylic acids is 1. The zero-order valence-electron chi connectivity index (χ0n) is 14.7. The monoisotopic (exact) mass is 388 g/mol. The van der Waals surface area contributed by atoms with E-state index in [2.05, 4.69) is 10.5 Å². The molecule has 0 saturated heterocycles. The molecule has 1 N–H and O–H groups in total. The molecule has 0 aliphatic heterocycles. The molecule has 142 valence electrons. The van der Waals surface area contributed by atoms with Crippen LogP contribution in [0.1, 0.15) is 44.9 Å². The van der Waals surface area contributed by atoms with Crippen molar-refractivity contribution < 1.29 is 19.6 Å². The Hall–Kier alpha value is -2.94. The zero-order valence-corrected chi connectivity index (χ0v) is 15.5. The van der Waals surface area contributed by atoms with Gasteiger partial charge in [-0.1, -0.05) is 6.42 Å². The summed E-state index contributed by atoms with van der Waals surface area (Å²) in [4.78, 5) is 24.3. The van der Waals surface area contributed by atoms with Gasteiger partial charge in [-0.15, -0.1) is 11.3 Å². The van der Waals surface area contributed by atoms with Gasteiger partial charge in [-0.3, -0.25) is 14.9 Å². The lowest BCUT2D eigenvalue weighted by Crippen LogP contribution is -2.16. The fourth-order valence-electron chi connectivity index (χ4n) is 2.97. The third-order valence-electron chi connectivity index (χ3n) is 4.32. The molecule has 0 radical (unpaired) electrons. The predicted molar refractivity (Wildman–Crippen MR) is 99.7 cm³/mol. The predicted octanol–water partition coefficient (Wildman–Crippen LogP) is 2.77. The Morgan fingerprint density at radius 2 is 2.07 bits per heavy atom. The lowest BCUT2D eigenvalue weighted by Gasteiger charge is -2.12. The Morgan fingerprint density at radius 3 is 2.81 bits per heavy atom. The number of nitrogens with zero attached hydrogens (tertiary/aromatic N) is 2. The maximum absolute atomic E-state index is 12.3. The van der Waals surface area contributed by atoms with Gasteiger partial charge >= 0.3 is 0 Å². The van der Waals surface area contributed by atoms with Gasteiger partial charge < -0.3 is 9.84 Å². The van der Waals surface area contributed by atoms with Crippen LogP contribution in [0.5, 0.6) is 11.5 Å². The fourth-order valence-corrected chi connectivity index (χ4v) is 4.11. The van der Waals surface area contributed by atoms with Crippen molar-refractivity contribution in [1.82, 2.24) is 5.43 Å². The van der Waals surface area contributed by atoms with E-state index in [0.29, 0.717) is 4.88 Å². The molecule has 1 aliphatic rings. The highest BCUT2D eigenvalue weighted by Crippen LogP contribution is 2.34. The normalized spacial score (nSPS) is 13.8. The lowest BCUT2D eigenvalue weighted by molar-refractivity contribution is -0.398. The molecule has 1 aliphatic carbocycles. The van der Waals surface area contributed by atoms with Gasteiger partial charge in [-0.25, -0.2) is 5.43 Å². The molecule has 27 heavy (non-hydrogen) atoms. The number of nitro benzene ring substituents is 1. The highest BCUT2D eigenvalue weighted by atomic mass is 32.1. The summed E-state index contributed by atoms with van der Waals surface area (Å²) in [6, 6.07) is 4.34. The highest BCUT2D eigenvalue weighted by Gasteiger charge is 2.16. The molecule has 0 spiro atoms. The number of benzene rings is 1. The molecule has 1 aromatic heterocycles. The van der Waals surface area contributed by atoms with Crippen LogP contribution in [-0.2, 0) is 12.8 Å². The summed E-state index contributed by atoms with van der Waals surface area (Å²) in [5.74, 6) is -1.28. The number of hydrogen-bond acceptors (Lipinski definition) is 7. The minimum Gasteiger partial charge on any atom is -0.865 e. The summed E-state index contributed by atoms with van der Waals surface area (Å²) in [6.07, 6.45) is 6.73. The molecular formula is C18H18N3O5S-. The number of rotatable bonds is 5. The molecule has 0 fully saturated rings. The van der Waals surface area contributed by atoms with E-state index in [1.165, 1.54) is 47.6 Å². The number of fused-ring (bicyclic) bond motifs is 1. The number of aryl methyl sites for hydroxylation is 2. The Kier molecular flexibility index (Phi) is 5.70. The van der Waals surface area contributed by atoms with Crippen molar-refractivity contribution in [3.63, 3.8) is 0 Å². The first-order valence-corrected chi connectivity index (χ1v) is 9.29. The van der Waals surface area contributed by atoms with Crippen LogP contribution in [0.15, 0.2) is 23.3 Å². The van der Waals surface area contributed by atoms with Crippen molar-refractivity contribution in [3.05, 3.63) is 49.2 Å². The molecule has 1 amide bonds. The van der Waals surface area contributed by atoms with Gasteiger partial charge in [-0.05, 0) is 43.4 Å². The van der Waals surface area contributed by atoms with Gasteiger partial charge in [-0.2, -0.15) is 5.10 Å². The van der Waals surface area contributed by atoms with E-state index >= 15 is 0 Å². The van der Waals surface area contributed by atoms with Crippen LogP contribution >= 0.6 is 11.3 Å². The van der Waals surface area contributed by atoms with Gasteiger partial charge in [0.15, 0.2) is 0 Å². The second-order valence-corrected chi connectivity index (χ2v) is 7.28. The molecule has 1 heterocycles. The van der Waals surface area contributed by atoms with E-state index in [9.17, 15) is 20.0 Å². The Balaban J connectivity index is 1.73. The molecule has 0 bridgehead atoms. The van der Waals surface area contributed by atoms with Crippen molar-refractivity contribution in [1.29, 1.82) is 0 Å². The highest BCUT2D eigenvalue weighted by molar-refractivity contribution is 7.14. The first kappa shape index (κ1) is 18.8. The van der Waals surface area contributed by atoms with E-state index in [4.69, 9.17) is 4.74 Å². The molecule has 1 aromatic carbocycles. The molecule has 2 aromatic rings. The number of hydrazone groups is 1. The zero-order chi connectivity index (χ0) is 19.4. The summed E-state index contributed by atoms with van der Waals surface area (Å²) >= 11 is 1.48. The van der Waals surface area contributed by atoms with Gasteiger partial charge in [0, 0.05) is 22.3 Å². The lowest BCUT2D eigenvalue weighted by atomic mass is 10.1. The van der Waals surface area contributed by atoms with Crippen molar-refractivity contribution in [3.8, 4) is 11.5 Å². The van der Waals surface area contributed by atoms with Crippen molar-refractivity contribution in [2.24, 2.45) is 5.10 Å². The van der Waals surface area contributed by atoms with Gasteiger partial charge in [0.25, 0.3) is 11.6 Å². The molecule has 9 heteroatoms. The van der Waals surface area contributed by atoms with Crippen molar-refractivity contribution in [2.75, 3.05) is 7.11 Å². The Morgan fingerprint density at radius 1 is 1.30 bits per heavy atom. The quantitative estimate of drug-likeness (QED) is 0.366. The number of amides is 1. The summed E-state index contributed by atoms with van der Waals surface area (Å²) in [6.45, 7) is 0. The van der Waals surface area contributed by atoms with Crippen LogP contribution in [-0.4, -0.2) is 24.2 Å². The number of hydrogen-bond donors (Lipinski definition) is 1. The number of methoxy groups -OCH3 is 1. The maximum atomic E-state index is 12.3. The summed E-state index contributed by atoms with van der Waals surface area (Å²) < 4.78 is 4.87. The summed E-state index contributed by atoms with van der Waals surface area (Å²) in [5, 5.41) is 26.6. The summed E-state index contributed by atoms with van der Waals surface area (Å²) in [5.41, 5.74) is 3.33. The first-order valence-electron chi connectivity index (χ1n) is 8.48. The van der Waals surface area contributed by atoms with Gasteiger partial charge in [0.1, 0.15) is 5.75 Å². The Labute approximate surface area is 159 Å². The van der Waals surface area contributed by atoms with Crippen LogP contribution in [0.25, 0.3) is 0 Å². The molecule has 0 atom stereocenters. The second-order valence-electron chi connectivity index (χ2n) is 6.15. The van der Waals surface area contributed by atoms with Crippen LogP contribution in [0, 0.1) is 10.1 Å². The number of nitrogens with one attached hydrogen (secondary N) is 1. The topological polar surface area (TPSA) is 117 Å². The minimum atomic E-state index is -0.802. The van der Waals surface area contributed by atoms with Crippen molar-refractivity contribution >= 4 is 29.1 Å². The molecule has 0 unspecified atom stereocenters. The first-order chi connectivity index (χ1) is 13.0. The average molecular weight is 388 g/mol. The van der Waals surface area contributed by atoms with E-state index in [1.54, 1.807) is 0 Å². The number of carbonyl (C=O) groups is 1. The van der Waals surface area contributed by atoms with Crippen LogP contribution in [0.2, 0.25) is 0 Å². The van der Waals surface area contributed by atoms with E-state index in [1.807, 2.05) is 6.07 Å². The average Bonchev–Trinajstić information content (AvgIpc) is 2.93. The van der Waals surface area contributed by atoms with Gasteiger partial charge in [0.05, 0.1) is 23.1 Å². The Bertz CT molecular complexity index is 883. The van der Waals surface area contributed by atoms with E-state index < -0.39 is 16.4 Å². The largest absolute Gasteiger partial charge is 0.865 e. The van der Waals surface area contributed by atoms with Gasteiger partial charge in [0.2, 0.25) is 0 Å². The molecule has 0 saturated carbocycles. The van der Waals surface area contributed by atoms with Crippen LogP contribution in [0.4, 0.5) is 5.69 Å². The SMILES string of the molecule is COc1cc(/C=N\NC(=O)c2cc3c(s2)CCCCC3)cc([N+](=O)[O-])c1[O-]. The summed E-state index contributed by atoms with van der Waals surface area (Å²) in [7, 11) is 1.25. The molecular weight excluding hydrogens is 370 g/mol. The van der Waals surface area contributed by atoms with E-state index in [-0.39, 0.29) is 17.2 Å². The fraction of sp³-hybridized carbons (Fsp3) is 0.333. The van der Waals surface area contributed by atoms with Crippen LogP contribution < -0.4 is 15.3 Å². The standard InChI is InChI=1S/C18H19N3O5S/c1-26-14-8-11(7-13(17(14)22)21(24)25)10-19-20-18(23)16-9-12-5-3-2-4-6-15(12)27-16/h7-10,22H,2-6H2,1H3,(H,20,23)/p-1/b19-10-. The number of nitro groups is 1. The molecule has 8 nitrogen and oxygen atoms in total. The minimum absolute atomic E-state index is 0.154.